The lowest BCUT2D eigenvalue weighted by Crippen LogP contribution is -2.21. The van der Waals surface area contributed by atoms with Gasteiger partial charge in [-0.05, 0) is 61.2 Å². The lowest BCUT2D eigenvalue weighted by molar-refractivity contribution is -0.137. The second-order valence-electron chi connectivity index (χ2n) is 7.45. The van der Waals surface area contributed by atoms with Crippen LogP contribution in [-0.2, 0) is 30.3 Å². The summed E-state index contributed by atoms with van der Waals surface area (Å²) in [5.41, 5.74) is 1.23. The lowest BCUT2D eigenvalue weighted by Gasteiger charge is -2.12. The van der Waals surface area contributed by atoms with Crippen LogP contribution in [0.15, 0.2) is 30.6 Å². The molecule has 7 nitrogen and oxygen atoms in total. The maximum atomic E-state index is 12.9. The van der Waals surface area contributed by atoms with E-state index in [1.807, 2.05) is 0 Å². The fourth-order valence-electron chi connectivity index (χ4n) is 3.67. The monoisotopic (exact) mass is 495 g/mol. The number of alkyl halides is 3. The molecule has 1 aliphatic rings. The Hall–Kier alpha value is -2.99. The van der Waals surface area contributed by atoms with Crippen LogP contribution in [0.5, 0.6) is 0 Å². The van der Waals surface area contributed by atoms with E-state index in [2.05, 4.69) is 20.7 Å². The number of aromatic nitrogens is 3. The summed E-state index contributed by atoms with van der Waals surface area (Å²) in [5, 5.41) is 10.9. The highest BCUT2D eigenvalue weighted by atomic mass is 32.1. The van der Waals surface area contributed by atoms with Gasteiger partial charge in [0, 0.05) is 4.88 Å². The zero-order valence-corrected chi connectivity index (χ0v) is 19.2. The van der Waals surface area contributed by atoms with Crippen molar-refractivity contribution in [3.8, 4) is 0 Å². The summed E-state index contributed by atoms with van der Waals surface area (Å²) in [6.07, 6.45) is 0.807. The molecule has 174 valence electrons. The molecular formula is C21H20F3N5O2S2. The third-order valence-corrected chi connectivity index (χ3v) is 6.56. The minimum Gasteiger partial charge on any atom is -0.465 e. The van der Waals surface area contributed by atoms with Gasteiger partial charge in [-0.3, -0.25) is 5.32 Å². The molecule has 12 heteroatoms. The van der Waals surface area contributed by atoms with Crippen LogP contribution in [0.2, 0.25) is 0 Å². The fraction of sp³-hybridized carbons (Fsp3) is 0.333. The molecular weight excluding hydrogens is 475 g/mol. The molecule has 0 saturated heterocycles. The Labute approximate surface area is 197 Å². The number of carbonyl (C=O) groups is 1. The van der Waals surface area contributed by atoms with E-state index in [1.54, 1.807) is 6.07 Å². The van der Waals surface area contributed by atoms with Gasteiger partial charge in [0.1, 0.15) is 11.3 Å². The molecule has 2 heterocycles. The number of hydrogen-bond acceptors (Lipinski definition) is 6. The standard InChI is InChI=1S/C21H20F3N5O2S2/c1-31-18(30)16-14-7-2-3-8-15(14)33-17(16)26-20(32)27-19-25-11-29(28-19)10-12-5-4-6-13(9-12)21(22,23)24/h4-6,9,11H,2-3,7-8,10H2,1H3,(H2,26,27,28,32). The normalized spacial score (nSPS) is 13.3. The lowest BCUT2D eigenvalue weighted by atomic mass is 9.95. The zero-order valence-electron chi connectivity index (χ0n) is 17.5. The number of anilines is 2. The van der Waals surface area contributed by atoms with E-state index in [0.29, 0.717) is 16.1 Å². The topological polar surface area (TPSA) is 81.1 Å². The van der Waals surface area contributed by atoms with Gasteiger partial charge in [-0.25, -0.2) is 14.5 Å². The third kappa shape index (κ3) is 5.33. The number of benzene rings is 1. The van der Waals surface area contributed by atoms with Gasteiger partial charge in [-0.2, -0.15) is 13.2 Å². The van der Waals surface area contributed by atoms with Crippen LogP contribution in [0.3, 0.4) is 0 Å². The smallest absolute Gasteiger partial charge is 0.416 e. The van der Waals surface area contributed by atoms with Crippen LogP contribution in [0.25, 0.3) is 0 Å². The van der Waals surface area contributed by atoms with Crippen molar-refractivity contribution >= 4 is 45.6 Å². The molecule has 3 aromatic rings. The van der Waals surface area contributed by atoms with Crippen LogP contribution >= 0.6 is 23.6 Å². The Bertz CT molecular complexity index is 1190. The first kappa shape index (κ1) is 23.2. The van der Waals surface area contributed by atoms with Gasteiger partial charge < -0.3 is 10.1 Å². The summed E-state index contributed by atoms with van der Waals surface area (Å²) < 4.78 is 45.1. The maximum Gasteiger partial charge on any atom is 0.416 e. The minimum atomic E-state index is -4.41. The first-order valence-electron chi connectivity index (χ1n) is 10.1. The number of thiophene rings is 1. The van der Waals surface area contributed by atoms with Gasteiger partial charge in [0.15, 0.2) is 5.11 Å². The maximum absolute atomic E-state index is 12.9. The predicted molar refractivity (Wildman–Crippen MR) is 123 cm³/mol. The van der Waals surface area contributed by atoms with Crippen LogP contribution in [0.1, 0.15) is 44.8 Å². The van der Waals surface area contributed by atoms with Gasteiger partial charge in [0.2, 0.25) is 5.95 Å². The van der Waals surface area contributed by atoms with Crippen molar-refractivity contribution in [3.63, 3.8) is 0 Å². The Morgan fingerprint density at radius 2 is 2.06 bits per heavy atom. The molecule has 0 aliphatic heterocycles. The summed E-state index contributed by atoms with van der Waals surface area (Å²) in [6.45, 7) is 0.114. The number of ether oxygens (including phenoxy) is 1. The van der Waals surface area contributed by atoms with Crippen LogP contribution in [0.4, 0.5) is 24.1 Å². The number of rotatable bonds is 5. The van der Waals surface area contributed by atoms with E-state index in [1.165, 1.54) is 35.5 Å². The summed E-state index contributed by atoms with van der Waals surface area (Å²) >= 11 is 6.83. The average molecular weight is 496 g/mol. The van der Waals surface area contributed by atoms with Crippen LogP contribution < -0.4 is 10.6 Å². The molecule has 1 aromatic carbocycles. The van der Waals surface area contributed by atoms with Gasteiger partial charge >= 0.3 is 12.1 Å². The molecule has 4 rings (SSSR count). The first-order valence-corrected chi connectivity index (χ1v) is 11.3. The van der Waals surface area contributed by atoms with E-state index in [4.69, 9.17) is 17.0 Å². The molecule has 2 N–H and O–H groups in total. The summed E-state index contributed by atoms with van der Waals surface area (Å²) in [4.78, 5) is 17.6. The average Bonchev–Trinajstić information content (AvgIpc) is 3.36. The SMILES string of the molecule is COC(=O)c1c(NC(=S)Nc2ncn(Cc3cccc(C(F)(F)F)c3)n2)sc2c1CCCC2. The molecule has 0 atom stereocenters. The largest absolute Gasteiger partial charge is 0.465 e. The Morgan fingerprint density at radius 3 is 2.82 bits per heavy atom. The number of esters is 1. The minimum absolute atomic E-state index is 0.114. The van der Waals surface area contributed by atoms with Crippen molar-refractivity contribution in [3.05, 3.63) is 57.7 Å². The second kappa shape index (κ2) is 9.48. The molecule has 0 fully saturated rings. The van der Waals surface area contributed by atoms with Gasteiger partial charge in [-0.15, -0.1) is 16.4 Å². The zero-order chi connectivity index (χ0) is 23.6. The molecule has 0 radical (unpaired) electrons. The predicted octanol–water partition coefficient (Wildman–Crippen LogP) is 4.88. The van der Waals surface area contributed by atoms with E-state index >= 15 is 0 Å². The van der Waals surface area contributed by atoms with Gasteiger partial charge in [0.05, 0.1) is 24.8 Å². The highest BCUT2D eigenvalue weighted by Crippen LogP contribution is 2.38. The molecule has 2 aromatic heterocycles. The van der Waals surface area contributed by atoms with Gasteiger partial charge in [-0.1, -0.05) is 12.1 Å². The molecule has 0 saturated carbocycles. The third-order valence-electron chi connectivity index (χ3n) is 5.15. The van der Waals surface area contributed by atoms with Crippen molar-refractivity contribution in [2.24, 2.45) is 0 Å². The number of nitrogens with zero attached hydrogens (tertiary/aromatic N) is 3. The fourth-order valence-corrected chi connectivity index (χ4v) is 5.21. The number of aryl methyl sites for hydroxylation is 1. The molecule has 0 bridgehead atoms. The van der Waals surface area contributed by atoms with Crippen LogP contribution in [-0.4, -0.2) is 33.0 Å². The van der Waals surface area contributed by atoms with Crippen molar-refractivity contribution in [2.75, 3.05) is 17.7 Å². The van der Waals surface area contributed by atoms with Crippen molar-refractivity contribution in [2.45, 2.75) is 38.4 Å². The number of nitrogens with one attached hydrogen (secondary N) is 2. The Kier molecular flexibility index (Phi) is 6.66. The van der Waals surface area contributed by atoms with Gasteiger partial charge in [0.25, 0.3) is 0 Å². The number of thiocarbonyl (C=S) groups is 1. The van der Waals surface area contributed by atoms with Crippen molar-refractivity contribution < 1.29 is 22.7 Å². The highest BCUT2D eigenvalue weighted by molar-refractivity contribution is 7.80. The highest BCUT2D eigenvalue weighted by Gasteiger charge is 2.30. The number of methoxy groups -OCH3 is 1. The Morgan fingerprint density at radius 1 is 1.27 bits per heavy atom. The van der Waals surface area contributed by atoms with Crippen LogP contribution in [0, 0.1) is 0 Å². The van der Waals surface area contributed by atoms with Crippen molar-refractivity contribution in [1.82, 2.24) is 14.8 Å². The quantitative estimate of drug-likeness (QED) is 0.386. The number of hydrogen-bond donors (Lipinski definition) is 2. The molecule has 33 heavy (non-hydrogen) atoms. The molecule has 0 spiro atoms. The number of fused-ring (bicyclic) bond motifs is 1. The van der Waals surface area contributed by atoms with E-state index in [0.717, 1.165) is 48.3 Å². The number of halogens is 3. The summed E-state index contributed by atoms with van der Waals surface area (Å²) in [6, 6.07) is 5.04. The number of carbonyl (C=O) groups excluding carboxylic acids is 1. The molecule has 0 amide bonds. The second-order valence-corrected chi connectivity index (χ2v) is 8.96. The molecule has 0 unspecified atom stereocenters. The first-order chi connectivity index (χ1) is 15.7. The van der Waals surface area contributed by atoms with E-state index < -0.39 is 17.7 Å². The summed E-state index contributed by atoms with van der Waals surface area (Å²) in [5.74, 6) is -0.233. The Balaban J connectivity index is 1.44. The van der Waals surface area contributed by atoms with Crippen molar-refractivity contribution in [1.29, 1.82) is 0 Å². The molecule has 1 aliphatic carbocycles. The van der Waals surface area contributed by atoms with E-state index in [9.17, 15) is 18.0 Å². The summed E-state index contributed by atoms with van der Waals surface area (Å²) in [7, 11) is 1.34. The van der Waals surface area contributed by atoms with E-state index in [-0.39, 0.29) is 17.6 Å².